The number of nitrogens with zero attached hydrogens (tertiary/aromatic N) is 4. The number of rotatable bonds is 7. The first-order valence-corrected chi connectivity index (χ1v) is 19.2. The van der Waals surface area contributed by atoms with Gasteiger partial charge < -0.3 is 13.9 Å². The van der Waals surface area contributed by atoms with Crippen LogP contribution < -0.4 is 9.30 Å². The van der Waals surface area contributed by atoms with Gasteiger partial charge in [-0.1, -0.05) is 147 Å². The van der Waals surface area contributed by atoms with Gasteiger partial charge in [0.25, 0.3) is 6.33 Å². The van der Waals surface area contributed by atoms with Gasteiger partial charge in [-0.2, -0.15) is 17.7 Å². The standard InChI is InChI=1S/C54H42N4O.Pt/c1-36-29-52(55-34-37(36)2)58-48-24-13-12-21-46(48)47-28-27-42(33-51(47)58)59-43-31-40(54(3,4)5)30-41(32-43)56-35-57(50-26-15-14-25-49(50)56)53-44(38-17-8-6-9-18-38)22-16-23-45(53)39-19-10-7-11-20-39;/h6-31,34H,1-5H3;/q-2;/i6D,7D,8D,9D,10D,11D,17D,18D,19D,20D;. The Morgan fingerprint density at radius 2 is 1.33 bits per heavy atom. The van der Waals surface area contributed by atoms with Crippen molar-refractivity contribution >= 4 is 32.8 Å². The van der Waals surface area contributed by atoms with E-state index in [4.69, 9.17) is 23.4 Å². The number of pyridine rings is 1. The molecule has 0 atom stereocenters. The van der Waals surface area contributed by atoms with Crippen molar-refractivity contribution in [2.45, 2.75) is 40.0 Å². The summed E-state index contributed by atoms with van der Waals surface area (Å²) in [5.41, 5.74) is 6.34. The van der Waals surface area contributed by atoms with E-state index in [-0.39, 0.29) is 49.0 Å². The van der Waals surface area contributed by atoms with Gasteiger partial charge in [0.15, 0.2) is 0 Å². The quantitative estimate of drug-likeness (QED) is 0.118. The molecular formula is C54H42N4OPt-2. The second-order valence-corrected chi connectivity index (χ2v) is 15.5. The van der Waals surface area contributed by atoms with Gasteiger partial charge in [-0.3, -0.25) is 4.57 Å². The fourth-order valence-electron chi connectivity index (χ4n) is 7.52. The largest absolute Gasteiger partial charge is 0.510 e. The van der Waals surface area contributed by atoms with Crippen LogP contribution in [0, 0.1) is 32.3 Å². The number of para-hydroxylation sites is 4. The van der Waals surface area contributed by atoms with Crippen molar-refractivity contribution in [3.63, 3.8) is 0 Å². The Hall–Kier alpha value is -6.55. The van der Waals surface area contributed by atoms with Gasteiger partial charge in [-0.05, 0) is 75.8 Å². The Labute approximate surface area is 379 Å². The maximum absolute atomic E-state index is 9.05. The molecule has 10 rings (SSSR count). The topological polar surface area (TPSA) is 35.9 Å². The molecule has 6 heteroatoms. The molecule has 0 aliphatic rings. The summed E-state index contributed by atoms with van der Waals surface area (Å²) in [6, 6.07) is 31.9. The Morgan fingerprint density at radius 3 is 2.02 bits per heavy atom. The molecule has 0 aliphatic carbocycles. The second kappa shape index (κ2) is 15.6. The third-order valence-corrected chi connectivity index (χ3v) is 10.7. The zero-order valence-corrected chi connectivity index (χ0v) is 35.6. The van der Waals surface area contributed by atoms with Crippen LogP contribution in [0.15, 0.2) is 164 Å². The van der Waals surface area contributed by atoms with Crippen LogP contribution in [0.25, 0.3) is 72.3 Å². The van der Waals surface area contributed by atoms with E-state index in [9.17, 15) is 0 Å². The average Bonchev–Trinajstić information content (AvgIpc) is 3.88. The number of ether oxygens (including phenoxy) is 1. The Morgan fingerprint density at radius 1 is 0.667 bits per heavy atom. The predicted molar refractivity (Wildman–Crippen MR) is 239 cm³/mol. The molecular weight excluding hydrogens is 916 g/mol. The molecule has 3 heterocycles. The predicted octanol–water partition coefficient (Wildman–Crippen LogP) is 12.8. The third-order valence-electron chi connectivity index (χ3n) is 10.7. The molecule has 5 nitrogen and oxygen atoms in total. The molecule has 0 radical (unpaired) electrons. The van der Waals surface area contributed by atoms with Crippen molar-refractivity contribution in [1.82, 2.24) is 14.1 Å². The first kappa shape index (κ1) is 28.8. The van der Waals surface area contributed by atoms with Crippen molar-refractivity contribution in [2.75, 3.05) is 0 Å². The van der Waals surface area contributed by atoms with Crippen LogP contribution in [0.5, 0.6) is 11.5 Å². The van der Waals surface area contributed by atoms with Crippen LogP contribution >= 0.6 is 0 Å². The zero-order valence-electron chi connectivity index (χ0n) is 43.3. The fraction of sp³-hybridized carbons (Fsp3) is 0.111. The summed E-state index contributed by atoms with van der Waals surface area (Å²) in [5.74, 6) is 1.58. The summed E-state index contributed by atoms with van der Waals surface area (Å²) in [6.07, 6.45) is 5.34. The van der Waals surface area contributed by atoms with E-state index < -0.39 is 65.8 Å². The maximum Gasteiger partial charge on any atom is 0.268 e. The number of imidazole rings is 1. The van der Waals surface area contributed by atoms with Gasteiger partial charge in [0, 0.05) is 44.3 Å². The molecule has 0 aliphatic heterocycles. The number of aryl methyl sites for hydroxylation is 2. The van der Waals surface area contributed by atoms with Crippen molar-refractivity contribution in [3.8, 4) is 50.9 Å². The molecule has 10 aromatic rings. The van der Waals surface area contributed by atoms with Crippen molar-refractivity contribution in [3.05, 3.63) is 199 Å². The molecule has 0 spiro atoms. The molecule has 0 saturated carbocycles. The van der Waals surface area contributed by atoms with Gasteiger partial charge in [0.05, 0.1) is 30.4 Å². The molecule has 60 heavy (non-hydrogen) atoms. The number of fused-ring (bicyclic) bond motifs is 4. The zero-order chi connectivity index (χ0) is 49.0. The minimum atomic E-state index is -0.571. The molecule has 0 bridgehead atoms. The van der Waals surface area contributed by atoms with E-state index in [2.05, 4.69) is 68.9 Å². The van der Waals surface area contributed by atoms with E-state index in [0.29, 0.717) is 28.2 Å². The van der Waals surface area contributed by atoms with Crippen LogP contribution in [0.1, 0.15) is 51.2 Å². The maximum atomic E-state index is 9.05. The van der Waals surface area contributed by atoms with E-state index in [0.717, 1.165) is 44.3 Å². The van der Waals surface area contributed by atoms with Crippen molar-refractivity contribution in [1.29, 1.82) is 0 Å². The van der Waals surface area contributed by atoms with Gasteiger partial charge in [-0.25, -0.2) is 4.98 Å². The van der Waals surface area contributed by atoms with Crippen LogP contribution in [-0.2, 0) is 26.5 Å². The fourth-order valence-corrected chi connectivity index (χ4v) is 7.52. The van der Waals surface area contributed by atoms with Crippen LogP contribution in [0.4, 0.5) is 0 Å². The van der Waals surface area contributed by atoms with Gasteiger partial charge in [-0.15, -0.1) is 29.7 Å². The summed E-state index contributed by atoms with van der Waals surface area (Å²) >= 11 is 0. The van der Waals surface area contributed by atoms with Crippen LogP contribution in [-0.4, -0.2) is 14.1 Å². The summed E-state index contributed by atoms with van der Waals surface area (Å²) < 4.78 is 99.5. The molecule has 0 unspecified atom stereocenters. The molecule has 7 aromatic carbocycles. The van der Waals surface area contributed by atoms with Gasteiger partial charge >= 0.3 is 0 Å². The molecule has 0 fully saturated rings. The monoisotopic (exact) mass is 967 g/mol. The third kappa shape index (κ3) is 6.93. The summed E-state index contributed by atoms with van der Waals surface area (Å²) in [4.78, 5) is 4.81. The Kier molecular flexibility index (Phi) is 7.47. The summed E-state index contributed by atoms with van der Waals surface area (Å²) in [5, 5.41) is 2.03. The normalized spacial score (nSPS) is 13.9. The molecule has 0 amide bonds. The first-order valence-electron chi connectivity index (χ1n) is 24.2. The molecule has 0 saturated heterocycles. The van der Waals surface area contributed by atoms with E-state index in [1.165, 1.54) is 0 Å². The van der Waals surface area contributed by atoms with Crippen LogP contribution in [0.2, 0.25) is 0 Å². The molecule has 0 N–H and O–H groups in total. The van der Waals surface area contributed by atoms with Gasteiger partial charge in [0.2, 0.25) is 0 Å². The van der Waals surface area contributed by atoms with Crippen molar-refractivity contribution in [2.24, 2.45) is 0 Å². The summed E-state index contributed by atoms with van der Waals surface area (Å²) in [7, 11) is 0. The second-order valence-electron chi connectivity index (χ2n) is 15.5. The molecule has 3 aromatic heterocycles. The SMILES string of the molecule is [2H]c1c([2H])c([2H])c(-c2cccc(-c3c([2H])c([2H])c([2H])c([2H])c3[2H])c2-[n+]2[c-]n(-c3[c-]c(Oc4[c-]c5c(cc4)c4ccccc4n5-c4cc(C)c(C)cn4)cc(C(C)(C)C)c3)c3ccccc32)c([2H])c1[2H].[Pt]. The number of benzene rings is 7. The first-order chi connectivity index (χ1) is 32.8. The summed E-state index contributed by atoms with van der Waals surface area (Å²) in [6.45, 7) is 10.4. The van der Waals surface area contributed by atoms with Crippen molar-refractivity contribution < 1.29 is 44.1 Å². The van der Waals surface area contributed by atoms with E-state index in [1.807, 2.05) is 73.8 Å². The number of hydrogen-bond acceptors (Lipinski definition) is 2. The number of aromatic nitrogens is 4. The van der Waals surface area contributed by atoms with Crippen LogP contribution in [0.3, 0.4) is 0 Å². The smallest absolute Gasteiger partial charge is 0.268 e. The average molecular weight is 968 g/mol. The van der Waals surface area contributed by atoms with E-state index in [1.54, 1.807) is 27.3 Å². The number of hydrogen-bond donors (Lipinski definition) is 0. The van der Waals surface area contributed by atoms with E-state index >= 15 is 0 Å². The Bertz CT molecular complexity index is 3660. The Balaban J connectivity index is 0.00000608. The minimum Gasteiger partial charge on any atom is -0.510 e. The molecule has 296 valence electrons. The minimum absolute atomic E-state index is 0. The van der Waals surface area contributed by atoms with Gasteiger partial charge in [0.1, 0.15) is 5.82 Å².